The summed E-state index contributed by atoms with van der Waals surface area (Å²) in [6.07, 6.45) is 1.73. The smallest absolute Gasteiger partial charge is 0.249 e. The molecule has 0 unspecified atom stereocenters. The van der Waals surface area contributed by atoms with Crippen LogP contribution in [0, 0.1) is 25.2 Å². The number of fused-ring (bicyclic) bond motifs is 1. The number of hydrogen-bond donors (Lipinski definition) is 3. The molecule has 2 aromatic rings. The summed E-state index contributed by atoms with van der Waals surface area (Å²) < 4.78 is 1.54. The van der Waals surface area contributed by atoms with Crippen LogP contribution in [0.2, 0.25) is 0 Å². The monoisotopic (exact) mass is 343 g/mol. The predicted octanol–water partition coefficient (Wildman–Crippen LogP) is -1.39. The van der Waals surface area contributed by atoms with Crippen molar-refractivity contribution in [3.8, 4) is 6.07 Å². The fourth-order valence-corrected chi connectivity index (χ4v) is 2.51. The van der Waals surface area contributed by atoms with Crippen LogP contribution in [0.15, 0.2) is 6.20 Å². The fourth-order valence-electron chi connectivity index (χ4n) is 2.51. The van der Waals surface area contributed by atoms with E-state index in [2.05, 4.69) is 15.4 Å². The van der Waals surface area contributed by atoms with Gasteiger partial charge in [0.2, 0.25) is 17.7 Å². The molecule has 10 nitrogen and oxygen atoms in total. The molecule has 5 N–H and O–H groups in total. The maximum Gasteiger partial charge on any atom is 0.249 e. The van der Waals surface area contributed by atoms with Crippen molar-refractivity contribution in [3.63, 3.8) is 0 Å². The SMILES string of the molecule is Cc1nc2c(C#N)cnn2c(C)c1CCC(=O)NC(C(N)=O)C(N)=O. The van der Waals surface area contributed by atoms with E-state index >= 15 is 0 Å². The molecule has 2 rings (SSSR count). The zero-order valence-corrected chi connectivity index (χ0v) is 13.7. The van der Waals surface area contributed by atoms with Gasteiger partial charge in [0.15, 0.2) is 11.7 Å². The minimum atomic E-state index is -1.54. The van der Waals surface area contributed by atoms with Crippen molar-refractivity contribution >= 4 is 23.4 Å². The van der Waals surface area contributed by atoms with Gasteiger partial charge in [0.1, 0.15) is 11.6 Å². The Hall–Kier alpha value is -3.48. The maximum atomic E-state index is 12.0. The highest BCUT2D eigenvalue weighted by atomic mass is 16.2. The van der Waals surface area contributed by atoms with E-state index in [4.69, 9.17) is 16.7 Å². The first kappa shape index (κ1) is 17.9. The Kier molecular flexibility index (Phi) is 4.97. The molecule has 25 heavy (non-hydrogen) atoms. The first-order chi connectivity index (χ1) is 11.8. The summed E-state index contributed by atoms with van der Waals surface area (Å²) in [5.74, 6) is -2.58. The normalized spacial score (nSPS) is 10.6. The number of rotatable bonds is 6. The minimum absolute atomic E-state index is 0.00168. The first-order valence-electron chi connectivity index (χ1n) is 7.38. The number of nitrogens with zero attached hydrogens (tertiary/aromatic N) is 4. The standard InChI is InChI=1S/C15H17N7O3/c1-7-10(3-4-11(23)21-12(13(17)24)14(18)25)8(2)22-15(20-7)9(5-16)6-19-22/h6,12H,3-4H2,1-2H3,(H2,17,24)(H2,18,25)(H,21,23). The molecule has 0 radical (unpaired) electrons. The summed E-state index contributed by atoms with van der Waals surface area (Å²) in [5.41, 5.74) is 13.0. The molecule has 0 bridgehead atoms. The third-order valence-electron chi connectivity index (χ3n) is 3.81. The Morgan fingerprint density at radius 3 is 2.52 bits per heavy atom. The van der Waals surface area contributed by atoms with Crippen molar-refractivity contribution in [1.29, 1.82) is 5.26 Å². The lowest BCUT2D eigenvalue weighted by atomic mass is 10.1. The largest absolute Gasteiger partial charge is 0.367 e. The van der Waals surface area contributed by atoms with Gasteiger partial charge in [-0.15, -0.1) is 0 Å². The van der Waals surface area contributed by atoms with Crippen molar-refractivity contribution in [2.75, 3.05) is 0 Å². The van der Waals surface area contributed by atoms with Crippen LogP contribution < -0.4 is 16.8 Å². The molecule has 0 aromatic carbocycles. The van der Waals surface area contributed by atoms with Gasteiger partial charge in [0.25, 0.3) is 0 Å². The van der Waals surface area contributed by atoms with E-state index < -0.39 is 23.8 Å². The van der Waals surface area contributed by atoms with Crippen LogP contribution in [0.5, 0.6) is 0 Å². The Labute approximate surface area is 142 Å². The number of nitriles is 1. The van der Waals surface area contributed by atoms with Gasteiger partial charge in [-0.05, 0) is 25.8 Å². The average molecular weight is 343 g/mol. The minimum Gasteiger partial charge on any atom is -0.367 e. The second kappa shape index (κ2) is 6.96. The molecule has 10 heteroatoms. The van der Waals surface area contributed by atoms with Crippen LogP contribution in [0.4, 0.5) is 0 Å². The van der Waals surface area contributed by atoms with Crippen LogP contribution in [0.1, 0.15) is 28.9 Å². The number of nitrogens with two attached hydrogens (primary N) is 2. The number of primary amides is 2. The summed E-state index contributed by atoms with van der Waals surface area (Å²) in [4.78, 5) is 38.5. The Morgan fingerprint density at radius 2 is 1.96 bits per heavy atom. The third kappa shape index (κ3) is 3.55. The highest BCUT2D eigenvalue weighted by molar-refractivity contribution is 6.05. The number of nitrogens with one attached hydrogen (secondary N) is 1. The lowest BCUT2D eigenvalue weighted by Gasteiger charge is -2.13. The Morgan fingerprint density at radius 1 is 1.32 bits per heavy atom. The molecule has 0 fully saturated rings. The van der Waals surface area contributed by atoms with E-state index in [-0.39, 0.29) is 6.42 Å². The lowest BCUT2D eigenvalue weighted by Crippen LogP contribution is -2.52. The molecule has 0 aliphatic rings. The van der Waals surface area contributed by atoms with Crippen molar-refractivity contribution in [2.45, 2.75) is 32.7 Å². The molecular weight excluding hydrogens is 326 g/mol. The van der Waals surface area contributed by atoms with Crippen LogP contribution in [-0.4, -0.2) is 38.4 Å². The number of aromatic nitrogens is 3. The zero-order chi connectivity index (χ0) is 18.7. The quantitative estimate of drug-likeness (QED) is 0.545. The highest BCUT2D eigenvalue weighted by Crippen LogP contribution is 2.18. The van der Waals surface area contributed by atoms with Gasteiger partial charge < -0.3 is 16.8 Å². The van der Waals surface area contributed by atoms with Crippen molar-refractivity contribution in [2.24, 2.45) is 11.5 Å². The summed E-state index contributed by atoms with van der Waals surface area (Å²) in [6, 6.07) is 0.477. The van der Waals surface area contributed by atoms with Crippen LogP contribution in [0.25, 0.3) is 5.65 Å². The van der Waals surface area contributed by atoms with Crippen LogP contribution in [0.3, 0.4) is 0 Å². The highest BCUT2D eigenvalue weighted by Gasteiger charge is 2.24. The van der Waals surface area contributed by atoms with Gasteiger partial charge in [-0.2, -0.15) is 10.4 Å². The lowest BCUT2D eigenvalue weighted by molar-refractivity contribution is -0.133. The molecule has 0 spiro atoms. The summed E-state index contributed by atoms with van der Waals surface area (Å²) in [5, 5.41) is 15.4. The molecule has 3 amide bonds. The molecule has 0 aliphatic heterocycles. The van der Waals surface area contributed by atoms with Crippen LogP contribution >= 0.6 is 0 Å². The molecule has 2 aromatic heterocycles. The second-order valence-electron chi connectivity index (χ2n) is 5.47. The van der Waals surface area contributed by atoms with E-state index in [9.17, 15) is 14.4 Å². The molecule has 0 aliphatic carbocycles. The predicted molar refractivity (Wildman–Crippen MR) is 85.8 cm³/mol. The van der Waals surface area contributed by atoms with Gasteiger partial charge in [-0.3, -0.25) is 14.4 Å². The molecular formula is C15H17N7O3. The molecule has 0 atom stereocenters. The van der Waals surface area contributed by atoms with E-state index in [1.807, 2.05) is 6.07 Å². The molecule has 2 heterocycles. The number of carbonyl (C=O) groups excluding carboxylic acids is 3. The van der Waals surface area contributed by atoms with Gasteiger partial charge in [-0.1, -0.05) is 0 Å². The van der Waals surface area contributed by atoms with Crippen molar-refractivity contribution < 1.29 is 14.4 Å². The fraction of sp³-hybridized carbons (Fsp3) is 0.333. The van der Waals surface area contributed by atoms with E-state index in [1.54, 1.807) is 13.8 Å². The second-order valence-corrected chi connectivity index (χ2v) is 5.47. The number of aryl methyl sites for hydroxylation is 2. The van der Waals surface area contributed by atoms with Crippen molar-refractivity contribution in [1.82, 2.24) is 19.9 Å². The number of amides is 3. The maximum absolute atomic E-state index is 12.0. The van der Waals surface area contributed by atoms with Gasteiger partial charge in [0.05, 0.1) is 6.20 Å². The van der Waals surface area contributed by atoms with Gasteiger partial charge in [0, 0.05) is 17.8 Å². The van der Waals surface area contributed by atoms with Crippen LogP contribution in [-0.2, 0) is 20.8 Å². The van der Waals surface area contributed by atoms with Crippen molar-refractivity contribution in [3.05, 3.63) is 28.7 Å². The van der Waals surface area contributed by atoms with E-state index in [1.165, 1.54) is 10.7 Å². The molecule has 0 saturated heterocycles. The molecule has 130 valence electrons. The topological polar surface area (TPSA) is 169 Å². The Balaban J connectivity index is 2.18. The molecule has 0 saturated carbocycles. The third-order valence-corrected chi connectivity index (χ3v) is 3.81. The summed E-state index contributed by atoms with van der Waals surface area (Å²) in [6.45, 7) is 3.57. The summed E-state index contributed by atoms with van der Waals surface area (Å²) in [7, 11) is 0. The zero-order valence-electron chi connectivity index (χ0n) is 13.7. The van der Waals surface area contributed by atoms with Gasteiger partial charge in [-0.25, -0.2) is 9.50 Å². The van der Waals surface area contributed by atoms with Gasteiger partial charge >= 0.3 is 0 Å². The Bertz CT molecular complexity index is 896. The van der Waals surface area contributed by atoms with E-state index in [0.717, 1.165) is 11.3 Å². The number of hydrogen-bond acceptors (Lipinski definition) is 6. The summed E-state index contributed by atoms with van der Waals surface area (Å²) >= 11 is 0. The first-order valence-corrected chi connectivity index (χ1v) is 7.38. The number of carbonyl (C=O) groups is 3. The van der Waals surface area contributed by atoms with E-state index in [0.29, 0.717) is 23.3 Å². The average Bonchev–Trinajstić information content (AvgIpc) is 2.94.